The fourth-order valence-corrected chi connectivity index (χ4v) is 4.28. The smallest absolute Gasteiger partial charge is 1.00 e. The predicted molar refractivity (Wildman–Crippen MR) is 105 cm³/mol. The minimum absolute atomic E-state index is 0. The summed E-state index contributed by atoms with van der Waals surface area (Å²) >= 11 is 0. The molecular weight excluding hydrogens is 450 g/mol. The van der Waals surface area contributed by atoms with Gasteiger partial charge in [-0.1, -0.05) is 84.4 Å². The zero-order valence-electron chi connectivity index (χ0n) is 17.1. The molecule has 2 aromatic rings. The molecule has 2 aliphatic rings. The van der Waals surface area contributed by atoms with E-state index in [4.69, 9.17) is 0 Å². The van der Waals surface area contributed by atoms with Crippen molar-refractivity contribution in [3.8, 4) is 0 Å². The first-order valence-electron chi connectivity index (χ1n) is 9.38. The van der Waals surface area contributed by atoms with Crippen molar-refractivity contribution in [3.63, 3.8) is 0 Å². The second-order valence-electron chi connectivity index (χ2n) is 7.59. The van der Waals surface area contributed by atoms with Gasteiger partial charge >= 0.3 is 26.2 Å². The SMILES string of the molecule is Cc1c(C)c(C)[c-](C)c1C.[C-]1=Cc2ccccc2C1C1CCCC1.[Cl-].[Cl-].[Zr+4]. The summed E-state index contributed by atoms with van der Waals surface area (Å²) in [5, 5.41) is 0. The molecule has 0 heterocycles. The van der Waals surface area contributed by atoms with Crippen LogP contribution < -0.4 is 24.8 Å². The summed E-state index contributed by atoms with van der Waals surface area (Å²) < 4.78 is 0. The van der Waals surface area contributed by atoms with Gasteiger partial charge in [-0.2, -0.15) is 33.4 Å². The molecule has 0 saturated heterocycles. The van der Waals surface area contributed by atoms with Gasteiger partial charge in [-0.25, -0.2) is 6.08 Å². The average Bonchev–Trinajstić information content (AvgIpc) is 3.30. The molecule has 0 aromatic heterocycles. The van der Waals surface area contributed by atoms with Crippen LogP contribution in [-0.2, 0) is 26.2 Å². The minimum atomic E-state index is 0. The quantitative estimate of drug-likeness (QED) is 0.529. The van der Waals surface area contributed by atoms with Gasteiger partial charge in [-0.05, 0) is 5.92 Å². The van der Waals surface area contributed by atoms with Gasteiger partial charge in [-0.3, -0.25) is 6.08 Å². The van der Waals surface area contributed by atoms with Crippen LogP contribution in [0.1, 0.15) is 70.5 Å². The summed E-state index contributed by atoms with van der Waals surface area (Å²) in [5.41, 5.74) is 10.2. The third-order valence-corrected chi connectivity index (χ3v) is 6.43. The number of halogens is 2. The van der Waals surface area contributed by atoms with Crippen molar-refractivity contribution in [3.05, 3.63) is 69.3 Å². The second kappa shape index (κ2) is 11.7. The first-order chi connectivity index (χ1) is 11.5. The summed E-state index contributed by atoms with van der Waals surface area (Å²) in [6.45, 7) is 11.0. The van der Waals surface area contributed by atoms with Crippen molar-refractivity contribution in [1.29, 1.82) is 0 Å². The molecule has 0 amide bonds. The van der Waals surface area contributed by atoms with Crippen molar-refractivity contribution >= 4 is 6.08 Å². The van der Waals surface area contributed by atoms with Crippen LogP contribution in [0.15, 0.2) is 24.3 Å². The van der Waals surface area contributed by atoms with Crippen LogP contribution in [-0.4, -0.2) is 0 Å². The molecule has 0 radical (unpaired) electrons. The van der Waals surface area contributed by atoms with Crippen LogP contribution in [0.5, 0.6) is 0 Å². The maximum Gasteiger partial charge on any atom is 4.00 e. The number of allylic oxidation sites excluding steroid dienone is 1. The topological polar surface area (TPSA) is 0 Å². The fourth-order valence-electron chi connectivity index (χ4n) is 4.28. The Morgan fingerprint density at radius 1 is 0.889 bits per heavy atom. The fraction of sp³-hybridized carbons (Fsp3) is 0.458. The van der Waals surface area contributed by atoms with E-state index < -0.39 is 0 Å². The summed E-state index contributed by atoms with van der Waals surface area (Å²) in [6.07, 6.45) is 11.4. The Labute approximate surface area is 197 Å². The van der Waals surface area contributed by atoms with Crippen LogP contribution >= 0.6 is 0 Å². The van der Waals surface area contributed by atoms with E-state index in [0.717, 1.165) is 5.92 Å². The maximum absolute atomic E-state index is 3.54. The van der Waals surface area contributed by atoms with E-state index in [2.05, 4.69) is 71.0 Å². The van der Waals surface area contributed by atoms with Crippen LogP contribution in [0, 0.1) is 46.6 Å². The zero-order chi connectivity index (χ0) is 17.3. The molecule has 2 aromatic carbocycles. The van der Waals surface area contributed by atoms with Gasteiger partial charge in [0.05, 0.1) is 0 Å². The van der Waals surface area contributed by atoms with E-state index >= 15 is 0 Å². The molecule has 2 aliphatic carbocycles. The molecular formula is C24H30Cl2Zr. The Morgan fingerprint density at radius 3 is 1.89 bits per heavy atom. The molecule has 3 heteroatoms. The van der Waals surface area contributed by atoms with Gasteiger partial charge in [0.1, 0.15) is 0 Å². The van der Waals surface area contributed by atoms with Crippen molar-refractivity contribution < 1.29 is 51.0 Å². The van der Waals surface area contributed by atoms with Crippen molar-refractivity contribution in [2.24, 2.45) is 5.92 Å². The predicted octanol–water partition coefficient (Wildman–Crippen LogP) is 0.743. The number of fused-ring (bicyclic) bond motifs is 1. The molecule has 1 fully saturated rings. The number of rotatable bonds is 1. The number of hydrogen-bond donors (Lipinski definition) is 0. The molecule has 1 unspecified atom stereocenters. The van der Waals surface area contributed by atoms with Crippen LogP contribution in [0.2, 0.25) is 0 Å². The Kier molecular flexibility index (Phi) is 11.6. The minimum Gasteiger partial charge on any atom is -1.00 e. The summed E-state index contributed by atoms with van der Waals surface area (Å²) in [4.78, 5) is 0. The van der Waals surface area contributed by atoms with Gasteiger partial charge in [0, 0.05) is 0 Å². The third-order valence-electron chi connectivity index (χ3n) is 6.43. The largest absolute Gasteiger partial charge is 4.00 e. The van der Waals surface area contributed by atoms with E-state index in [1.165, 1.54) is 64.6 Å². The van der Waals surface area contributed by atoms with Gasteiger partial charge in [-0.15, -0.1) is 11.6 Å². The van der Waals surface area contributed by atoms with Crippen LogP contribution in [0.3, 0.4) is 0 Å². The van der Waals surface area contributed by atoms with Gasteiger partial charge < -0.3 is 24.8 Å². The number of benzene rings is 1. The maximum atomic E-state index is 3.54. The second-order valence-corrected chi connectivity index (χ2v) is 7.59. The van der Waals surface area contributed by atoms with E-state index in [9.17, 15) is 0 Å². The first kappa shape index (κ1) is 26.8. The summed E-state index contributed by atoms with van der Waals surface area (Å²) in [6, 6.07) is 8.75. The van der Waals surface area contributed by atoms with Crippen LogP contribution in [0.4, 0.5) is 0 Å². The standard InChI is InChI=1S/C14H15.C10H15.2ClH.Zr/c1-2-6-11(5-1)14-10-9-12-7-3-4-8-13(12)14;1-6-7(2)9(4)10(5)8(6)3;;;/h3-4,7-9,11,14H,1-2,5-6H2;1-5H3;2*1H;/q2*-1;;;+4/p-2. The molecule has 0 spiro atoms. The molecule has 27 heavy (non-hydrogen) atoms. The third kappa shape index (κ3) is 5.65. The van der Waals surface area contributed by atoms with E-state index in [1.54, 1.807) is 0 Å². The number of hydrogen-bond acceptors (Lipinski definition) is 0. The molecule has 4 rings (SSSR count). The molecule has 0 nitrogen and oxygen atoms in total. The van der Waals surface area contributed by atoms with E-state index in [-0.39, 0.29) is 51.0 Å². The van der Waals surface area contributed by atoms with Crippen LogP contribution in [0.25, 0.3) is 6.08 Å². The van der Waals surface area contributed by atoms with Gasteiger partial charge in [0.15, 0.2) is 0 Å². The van der Waals surface area contributed by atoms with Crippen molar-refractivity contribution in [2.45, 2.75) is 66.2 Å². The molecule has 0 N–H and O–H groups in total. The average molecular weight is 481 g/mol. The Hall–Kier alpha value is -0.227. The van der Waals surface area contributed by atoms with E-state index in [1.807, 2.05) is 0 Å². The molecule has 1 saturated carbocycles. The van der Waals surface area contributed by atoms with E-state index in [0.29, 0.717) is 5.92 Å². The molecule has 144 valence electrons. The Balaban J connectivity index is 0.000000473. The monoisotopic (exact) mass is 478 g/mol. The normalized spacial score (nSPS) is 17.1. The first-order valence-corrected chi connectivity index (χ1v) is 9.38. The van der Waals surface area contributed by atoms with Gasteiger partial charge in [0.25, 0.3) is 0 Å². The van der Waals surface area contributed by atoms with Gasteiger partial charge in [0.2, 0.25) is 0 Å². The van der Waals surface area contributed by atoms with Crippen molar-refractivity contribution in [1.82, 2.24) is 0 Å². The molecule has 1 atom stereocenters. The summed E-state index contributed by atoms with van der Waals surface area (Å²) in [5.74, 6) is 1.48. The Morgan fingerprint density at radius 2 is 1.41 bits per heavy atom. The summed E-state index contributed by atoms with van der Waals surface area (Å²) in [7, 11) is 0. The molecule has 0 bridgehead atoms. The Bertz CT molecular complexity index is 672. The van der Waals surface area contributed by atoms with Crippen molar-refractivity contribution in [2.75, 3.05) is 0 Å². The zero-order valence-corrected chi connectivity index (χ0v) is 21.1. The molecule has 0 aliphatic heterocycles.